The summed E-state index contributed by atoms with van der Waals surface area (Å²) in [4.78, 5) is 0.0642. The third-order valence-electron chi connectivity index (χ3n) is 2.72. The smallest absolute Gasteiger partial charge is 0.238 e. The molecule has 0 atom stereocenters. The number of nitrogens with two attached hydrogens (primary N) is 1. The number of hydrogen-bond acceptors (Lipinski definition) is 4. The largest absolute Gasteiger partial charge is 0.497 e. The van der Waals surface area contributed by atoms with Gasteiger partial charge in [0.1, 0.15) is 18.1 Å². The number of primary sulfonamides is 1. The fraction of sp³-hybridized carbons (Fsp3) is 0.143. The molecule has 6 heteroatoms. The molecule has 0 amide bonds. The van der Waals surface area contributed by atoms with E-state index in [1.165, 1.54) is 12.1 Å². The minimum atomic E-state index is -3.66. The van der Waals surface area contributed by atoms with Crippen molar-refractivity contribution in [3.05, 3.63) is 54.1 Å². The first-order valence-corrected chi connectivity index (χ1v) is 7.42. The summed E-state index contributed by atoms with van der Waals surface area (Å²) in [6.07, 6.45) is 0. The van der Waals surface area contributed by atoms with Crippen molar-refractivity contribution in [2.45, 2.75) is 11.5 Å². The fourth-order valence-electron chi connectivity index (χ4n) is 1.61. The quantitative estimate of drug-likeness (QED) is 0.913. The zero-order chi connectivity index (χ0) is 14.6. The highest BCUT2D eigenvalue weighted by atomic mass is 32.2. The lowest BCUT2D eigenvalue weighted by Gasteiger charge is -2.07. The van der Waals surface area contributed by atoms with Crippen molar-refractivity contribution < 1.29 is 17.9 Å². The molecule has 0 bridgehead atoms. The monoisotopic (exact) mass is 293 g/mol. The van der Waals surface area contributed by atoms with E-state index in [1.807, 2.05) is 24.3 Å². The van der Waals surface area contributed by atoms with Crippen LogP contribution in [0.2, 0.25) is 0 Å². The lowest BCUT2D eigenvalue weighted by molar-refractivity contribution is 0.305. The normalized spacial score (nSPS) is 11.1. The van der Waals surface area contributed by atoms with Crippen LogP contribution in [0.5, 0.6) is 11.5 Å². The SMILES string of the molecule is COc1ccc(COc2ccc(S(N)(=O)=O)cc2)cc1. The molecule has 0 saturated heterocycles. The number of rotatable bonds is 5. The molecule has 2 rings (SSSR count). The molecule has 106 valence electrons. The maximum atomic E-state index is 11.1. The molecule has 0 saturated carbocycles. The van der Waals surface area contributed by atoms with E-state index in [-0.39, 0.29) is 4.90 Å². The Kier molecular flexibility index (Phi) is 4.26. The lowest BCUT2D eigenvalue weighted by atomic mass is 10.2. The average Bonchev–Trinajstić information content (AvgIpc) is 2.45. The van der Waals surface area contributed by atoms with Gasteiger partial charge >= 0.3 is 0 Å². The van der Waals surface area contributed by atoms with Gasteiger partial charge in [0.15, 0.2) is 0 Å². The van der Waals surface area contributed by atoms with Crippen LogP contribution in [0.4, 0.5) is 0 Å². The van der Waals surface area contributed by atoms with E-state index in [0.717, 1.165) is 11.3 Å². The standard InChI is InChI=1S/C14H15NO4S/c1-18-12-4-2-11(3-5-12)10-19-13-6-8-14(9-7-13)20(15,16)17/h2-9H,10H2,1H3,(H2,15,16,17). The van der Waals surface area contributed by atoms with Crippen molar-refractivity contribution >= 4 is 10.0 Å². The van der Waals surface area contributed by atoms with E-state index >= 15 is 0 Å². The number of methoxy groups -OCH3 is 1. The topological polar surface area (TPSA) is 78.6 Å². The van der Waals surface area contributed by atoms with Gasteiger partial charge < -0.3 is 9.47 Å². The number of sulfonamides is 1. The zero-order valence-corrected chi connectivity index (χ0v) is 11.8. The van der Waals surface area contributed by atoms with Crippen molar-refractivity contribution in [2.75, 3.05) is 7.11 Å². The van der Waals surface area contributed by atoms with Gasteiger partial charge in [-0.3, -0.25) is 0 Å². The van der Waals surface area contributed by atoms with Gasteiger partial charge in [0.2, 0.25) is 10.0 Å². The Labute approximate surface area is 118 Å². The predicted molar refractivity (Wildman–Crippen MR) is 75.1 cm³/mol. The molecular weight excluding hydrogens is 278 g/mol. The molecular formula is C14H15NO4S. The van der Waals surface area contributed by atoms with Crippen molar-refractivity contribution in [1.82, 2.24) is 0 Å². The van der Waals surface area contributed by atoms with E-state index < -0.39 is 10.0 Å². The third kappa shape index (κ3) is 3.72. The summed E-state index contributed by atoms with van der Waals surface area (Å²) in [5, 5.41) is 5.02. The van der Waals surface area contributed by atoms with Crippen LogP contribution in [0.15, 0.2) is 53.4 Å². The maximum absolute atomic E-state index is 11.1. The first kappa shape index (κ1) is 14.4. The van der Waals surface area contributed by atoms with E-state index in [1.54, 1.807) is 19.2 Å². The maximum Gasteiger partial charge on any atom is 0.238 e. The van der Waals surface area contributed by atoms with Crippen LogP contribution in [-0.4, -0.2) is 15.5 Å². The Morgan fingerprint density at radius 1 is 0.950 bits per heavy atom. The fourth-order valence-corrected chi connectivity index (χ4v) is 2.13. The summed E-state index contributed by atoms with van der Waals surface area (Å²) in [6.45, 7) is 0.388. The Hall–Kier alpha value is -2.05. The molecule has 0 radical (unpaired) electrons. The van der Waals surface area contributed by atoms with Crippen molar-refractivity contribution in [3.63, 3.8) is 0 Å². The predicted octanol–water partition coefficient (Wildman–Crippen LogP) is 1.92. The van der Waals surface area contributed by atoms with Crippen LogP contribution in [0.25, 0.3) is 0 Å². The molecule has 2 N–H and O–H groups in total. The van der Waals surface area contributed by atoms with Crippen molar-refractivity contribution in [2.24, 2.45) is 5.14 Å². The summed E-state index contributed by atoms with van der Waals surface area (Å²) >= 11 is 0. The molecule has 0 heterocycles. The molecule has 0 aromatic heterocycles. The van der Waals surface area contributed by atoms with Gasteiger partial charge in [-0.05, 0) is 42.0 Å². The summed E-state index contributed by atoms with van der Waals surface area (Å²) in [7, 11) is -2.05. The summed E-state index contributed by atoms with van der Waals surface area (Å²) in [5.41, 5.74) is 0.987. The Balaban J connectivity index is 2.00. The Bertz CT molecular complexity index is 663. The molecule has 0 unspecified atom stereocenters. The minimum Gasteiger partial charge on any atom is -0.497 e. The molecule has 5 nitrogen and oxygen atoms in total. The highest BCUT2D eigenvalue weighted by Crippen LogP contribution is 2.17. The molecule has 0 fully saturated rings. The van der Waals surface area contributed by atoms with Gasteiger partial charge in [-0.1, -0.05) is 12.1 Å². The molecule has 2 aromatic rings. The van der Waals surface area contributed by atoms with Crippen LogP contribution < -0.4 is 14.6 Å². The summed E-state index contributed by atoms with van der Waals surface area (Å²) in [5.74, 6) is 1.36. The van der Waals surface area contributed by atoms with Gasteiger partial charge in [0, 0.05) is 0 Å². The number of hydrogen-bond donors (Lipinski definition) is 1. The first-order valence-electron chi connectivity index (χ1n) is 5.87. The molecule has 2 aromatic carbocycles. The van der Waals surface area contributed by atoms with Gasteiger partial charge in [-0.2, -0.15) is 0 Å². The molecule has 0 aliphatic carbocycles. The zero-order valence-electron chi connectivity index (χ0n) is 10.9. The van der Waals surface area contributed by atoms with Crippen molar-refractivity contribution in [1.29, 1.82) is 0 Å². The number of ether oxygens (including phenoxy) is 2. The second-order valence-electron chi connectivity index (χ2n) is 4.15. The van der Waals surface area contributed by atoms with E-state index in [2.05, 4.69) is 0 Å². The molecule has 0 aliphatic heterocycles. The first-order chi connectivity index (χ1) is 9.49. The van der Waals surface area contributed by atoms with E-state index in [9.17, 15) is 8.42 Å². The third-order valence-corrected chi connectivity index (χ3v) is 3.65. The van der Waals surface area contributed by atoms with E-state index in [0.29, 0.717) is 12.4 Å². The highest BCUT2D eigenvalue weighted by Gasteiger charge is 2.07. The van der Waals surface area contributed by atoms with Gasteiger partial charge in [-0.15, -0.1) is 0 Å². The Morgan fingerprint density at radius 3 is 2.00 bits per heavy atom. The lowest BCUT2D eigenvalue weighted by Crippen LogP contribution is -2.11. The van der Waals surface area contributed by atoms with Gasteiger partial charge in [-0.25, -0.2) is 13.6 Å². The molecule has 0 aliphatic rings. The van der Waals surface area contributed by atoms with Gasteiger partial charge in [0.05, 0.1) is 12.0 Å². The van der Waals surface area contributed by atoms with Gasteiger partial charge in [0.25, 0.3) is 0 Å². The highest BCUT2D eigenvalue weighted by molar-refractivity contribution is 7.89. The van der Waals surface area contributed by atoms with Crippen molar-refractivity contribution in [3.8, 4) is 11.5 Å². The van der Waals surface area contributed by atoms with Crippen LogP contribution in [0.3, 0.4) is 0 Å². The minimum absolute atomic E-state index is 0.0642. The molecule has 20 heavy (non-hydrogen) atoms. The van der Waals surface area contributed by atoms with Crippen LogP contribution in [0.1, 0.15) is 5.56 Å². The number of benzene rings is 2. The summed E-state index contributed by atoms with van der Waals surface area (Å²) in [6, 6.07) is 13.5. The summed E-state index contributed by atoms with van der Waals surface area (Å²) < 4.78 is 32.8. The second-order valence-corrected chi connectivity index (χ2v) is 5.71. The van der Waals surface area contributed by atoms with Crippen LogP contribution in [0, 0.1) is 0 Å². The van der Waals surface area contributed by atoms with Crippen LogP contribution in [-0.2, 0) is 16.6 Å². The van der Waals surface area contributed by atoms with E-state index in [4.69, 9.17) is 14.6 Å². The molecule has 0 spiro atoms. The average molecular weight is 293 g/mol. The Morgan fingerprint density at radius 2 is 1.50 bits per heavy atom. The van der Waals surface area contributed by atoms with Crippen LogP contribution >= 0.6 is 0 Å². The second kappa shape index (κ2) is 5.94.